The molecule has 0 unspecified atom stereocenters. The van der Waals surface area contributed by atoms with E-state index in [1.54, 1.807) is 5.32 Å². The molecule has 0 saturated heterocycles. The second-order valence-electron chi connectivity index (χ2n) is 4.12. The monoisotopic (exact) mass is 299 g/mol. The fourth-order valence-corrected chi connectivity index (χ4v) is 1.82. The first kappa shape index (κ1) is 14.6. The minimum Gasteiger partial charge on any atom is -0.506 e. The Morgan fingerprint density at radius 1 is 1.10 bits per heavy atom. The Balaban J connectivity index is 2.65. The molecule has 0 atom stereocenters. The standard InChI is InChI=1S/C13H8F3NO4/c14-13(15,16)12(21)17-9-5-8(11(19)20)10(18)7-4-2-1-3-6(7)9/h1-5,18H,(H,17,21)(H,19,20). The van der Waals surface area contributed by atoms with Gasteiger partial charge in [0.2, 0.25) is 0 Å². The van der Waals surface area contributed by atoms with Crippen LogP contribution in [0.3, 0.4) is 0 Å². The van der Waals surface area contributed by atoms with Crippen molar-refractivity contribution in [2.75, 3.05) is 5.32 Å². The Kier molecular flexibility index (Phi) is 3.46. The summed E-state index contributed by atoms with van der Waals surface area (Å²) in [5.74, 6) is -4.33. The fraction of sp³-hybridized carbons (Fsp3) is 0.0769. The van der Waals surface area contributed by atoms with Crippen molar-refractivity contribution in [2.45, 2.75) is 6.18 Å². The van der Waals surface area contributed by atoms with Crippen LogP contribution < -0.4 is 5.32 Å². The number of rotatable bonds is 2. The number of nitrogens with one attached hydrogen (secondary N) is 1. The third-order valence-corrected chi connectivity index (χ3v) is 2.75. The summed E-state index contributed by atoms with van der Waals surface area (Å²) in [6.07, 6.45) is -5.11. The van der Waals surface area contributed by atoms with E-state index in [0.29, 0.717) is 0 Å². The first-order valence-electron chi connectivity index (χ1n) is 5.58. The van der Waals surface area contributed by atoms with E-state index in [-0.39, 0.29) is 16.5 Å². The fourth-order valence-electron chi connectivity index (χ4n) is 1.82. The number of amides is 1. The van der Waals surface area contributed by atoms with Crippen LogP contribution in [-0.4, -0.2) is 28.3 Å². The summed E-state index contributed by atoms with van der Waals surface area (Å²) in [7, 11) is 0. The molecule has 0 fully saturated rings. The zero-order valence-corrected chi connectivity index (χ0v) is 10.2. The number of benzene rings is 2. The Morgan fingerprint density at radius 2 is 1.67 bits per heavy atom. The van der Waals surface area contributed by atoms with Gasteiger partial charge in [0.05, 0.1) is 5.69 Å². The molecule has 3 N–H and O–H groups in total. The number of aromatic hydroxyl groups is 1. The smallest absolute Gasteiger partial charge is 0.471 e. The van der Waals surface area contributed by atoms with Gasteiger partial charge in [0.1, 0.15) is 11.3 Å². The Hall–Kier alpha value is -2.77. The van der Waals surface area contributed by atoms with E-state index < -0.39 is 29.4 Å². The van der Waals surface area contributed by atoms with Crippen molar-refractivity contribution in [3.05, 3.63) is 35.9 Å². The van der Waals surface area contributed by atoms with Crippen LogP contribution in [0.5, 0.6) is 5.75 Å². The molecule has 0 spiro atoms. The first-order valence-corrected chi connectivity index (χ1v) is 5.58. The number of carboxylic acids is 1. The summed E-state index contributed by atoms with van der Waals surface area (Å²) >= 11 is 0. The van der Waals surface area contributed by atoms with Gasteiger partial charge in [-0.05, 0) is 6.07 Å². The van der Waals surface area contributed by atoms with E-state index in [2.05, 4.69) is 0 Å². The van der Waals surface area contributed by atoms with Crippen molar-refractivity contribution in [3.63, 3.8) is 0 Å². The van der Waals surface area contributed by atoms with Gasteiger partial charge in [0.25, 0.3) is 0 Å². The number of hydrogen-bond donors (Lipinski definition) is 3. The van der Waals surface area contributed by atoms with Crippen molar-refractivity contribution in [3.8, 4) is 5.75 Å². The molecule has 2 aromatic rings. The van der Waals surface area contributed by atoms with Crippen molar-refractivity contribution in [1.82, 2.24) is 0 Å². The van der Waals surface area contributed by atoms with E-state index in [1.165, 1.54) is 24.3 Å². The highest BCUT2D eigenvalue weighted by atomic mass is 19.4. The molecule has 1 amide bonds. The Morgan fingerprint density at radius 3 is 2.19 bits per heavy atom. The number of anilines is 1. The number of aromatic carboxylic acids is 1. The van der Waals surface area contributed by atoms with Crippen molar-refractivity contribution in [1.29, 1.82) is 0 Å². The lowest BCUT2D eigenvalue weighted by atomic mass is 10.0. The molecule has 2 rings (SSSR count). The summed E-state index contributed by atoms with van der Waals surface area (Å²) in [6, 6.07) is 6.42. The molecule has 2 aromatic carbocycles. The highest BCUT2D eigenvalue weighted by molar-refractivity contribution is 6.10. The highest BCUT2D eigenvalue weighted by Gasteiger charge is 2.39. The zero-order chi connectivity index (χ0) is 15.8. The molecule has 5 nitrogen and oxygen atoms in total. The van der Waals surface area contributed by atoms with Crippen LogP contribution in [0.2, 0.25) is 0 Å². The normalized spacial score (nSPS) is 11.4. The predicted molar refractivity (Wildman–Crippen MR) is 67.3 cm³/mol. The SMILES string of the molecule is O=C(O)c1cc(NC(=O)C(F)(F)F)c2ccccc2c1O. The topological polar surface area (TPSA) is 86.6 Å². The lowest BCUT2D eigenvalue weighted by Gasteiger charge is -2.13. The van der Waals surface area contributed by atoms with Gasteiger partial charge in [0.15, 0.2) is 0 Å². The van der Waals surface area contributed by atoms with Gasteiger partial charge in [-0.3, -0.25) is 4.79 Å². The molecule has 8 heteroatoms. The van der Waals surface area contributed by atoms with Gasteiger partial charge in [-0.25, -0.2) is 4.79 Å². The minimum absolute atomic E-state index is 0.0230. The molecule has 0 heterocycles. The van der Waals surface area contributed by atoms with E-state index in [1.807, 2.05) is 0 Å². The average Bonchev–Trinajstić information content (AvgIpc) is 2.40. The summed E-state index contributed by atoms with van der Waals surface area (Å²) in [5, 5.41) is 20.5. The maximum absolute atomic E-state index is 12.3. The van der Waals surface area contributed by atoms with Crippen LogP contribution in [0.4, 0.5) is 18.9 Å². The molecule has 0 radical (unpaired) electrons. The quantitative estimate of drug-likeness (QED) is 0.744. The second-order valence-corrected chi connectivity index (χ2v) is 4.12. The molecular formula is C13H8F3NO4. The molecule has 0 aliphatic rings. The van der Waals surface area contributed by atoms with Crippen molar-refractivity contribution in [2.24, 2.45) is 0 Å². The highest BCUT2D eigenvalue weighted by Crippen LogP contribution is 2.35. The summed E-state index contributed by atoms with van der Waals surface area (Å²) in [4.78, 5) is 22.0. The molecule has 0 saturated carbocycles. The van der Waals surface area contributed by atoms with Crippen LogP contribution >= 0.6 is 0 Å². The minimum atomic E-state index is -5.11. The molecule has 0 bridgehead atoms. The van der Waals surface area contributed by atoms with Gasteiger partial charge in [-0.2, -0.15) is 13.2 Å². The molecular weight excluding hydrogens is 291 g/mol. The number of halogens is 3. The lowest BCUT2D eigenvalue weighted by molar-refractivity contribution is -0.167. The predicted octanol–water partition coefficient (Wildman–Crippen LogP) is 2.74. The van der Waals surface area contributed by atoms with Gasteiger partial charge >= 0.3 is 18.1 Å². The molecule has 0 aliphatic heterocycles. The average molecular weight is 299 g/mol. The van der Waals surface area contributed by atoms with Crippen LogP contribution in [-0.2, 0) is 4.79 Å². The number of phenols is 1. The Labute approximate surface area is 115 Å². The summed E-state index contributed by atoms with van der Waals surface area (Å²) in [5.41, 5.74) is -0.950. The largest absolute Gasteiger partial charge is 0.506 e. The number of carboxylic acid groups (broad SMARTS) is 1. The molecule has 21 heavy (non-hydrogen) atoms. The van der Waals surface area contributed by atoms with Gasteiger partial charge in [-0.15, -0.1) is 0 Å². The number of carbonyl (C=O) groups excluding carboxylic acids is 1. The van der Waals surface area contributed by atoms with E-state index >= 15 is 0 Å². The number of alkyl halides is 3. The number of hydrogen-bond acceptors (Lipinski definition) is 3. The van der Waals surface area contributed by atoms with Gasteiger partial charge in [0, 0.05) is 10.8 Å². The van der Waals surface area contributed by atoms with E-state index in [9.17, 15) is 27.9 Å². The van der Waals surface area contributed by atoms with E-state index in [0.717, 1.165) is 6.07 Å². The third kappa shape index (κ3) is 2.73. The maximum Gasteiger partial charge on any atom is 0.471 e. The second kappa shape index (κ2) is 4.97. The van der Waals surface area contributed by atoms with Gasteiger partial charge in [-0.1, -0.05) is 24.3 Å². The van der Waals surface area contributed by atoms with Crippen LogP contribution in [0.15, 0.2) is 30.3 Å². The van der Waals surface area contributed by atoms with Gasteiger partial charge < -0.3 is 15.5 Å². The molecule has 0 aliphatic carbocycles. The maximum atomic E-state index is 12.3. The lowest BCUT2D eigenvalue weighted by Crippen LogP contribution is -2.30. The first-order chi connectivity index (χ1) is 9.71. The third-order valence-electron chi connectivity index (χ3n) is 2.75. The van der Waals surface area contributed by atoms with Crippen LogP contribution in [0.1, 0.15) is 10.4 Å². The number of carbonyl (C=O) groups is 2. The molecule has 0 aromatic heterocycles. The number of fused-ring (bicyclic) bond motifs is 1. The summed E-state index contributed by atoms with van der Waals surface area (Å²) in [6.45, 7) is 0. The Bertz CT molecular complexity index is 740. The van der Waals surface area contributed by atoms with Crippen molar-refractivity contribution >= 4 is 28.3 Å². The zero-order valence-electron chi connectivity index (χ0n) is 10.2. The summed E-state index contributed by atoms with van der Waals surface area (Å²) < 4.78 is 36.9. The molecule has 110 valence electrons. The van der Waals surface area contributed by atoms with E-state index in [4.69, 9.17) is 5.11 Å². The van der Waals surface area contributed by atoms with Crippen molar-refractivity contribution < 1.29 is 33.0 Å². The van der Waals surface area contributed by atoms with Crippen LogP contribution in [0.25, 0.3) is 10.8 Å². The van der Waals surface area contributed by atoms with Crippen LogP contribution in [0, 0.1) is 0 Å².